The summed E-state index contributed by atoms with van der Waals surface area (Å²) in [6, 6.07) is 5.78. The highest BCUT2D eigenvalue weighted by molar-refractivity contribution is 5.86. The van der Waals surface area contributed by atoms with Crippen LogP contribution in [0, 0.1) is 6.92 Å². The Morgan fingerprint density at radius 2 is 1.96 bits per heavy atom. The summed E-state index contributed by atoms with van der Waals surface area (Å²) in [5.41, 5.74) is 1.71. The predicted molar refractivity (Wildman–Crippen MR) is 88.8 cm³/mol. The molecule has 0 heterocycles. The molecule has 5 nitrogen and oxygen atoms in total. The van der Waals surface area contributed by atoms with Crippen molar-refractivity contribution in [3.05, 3.63) is 29.3 Å². The highest BCUT2D eigenvalue weighted by Gasteiger charge is 2.40. The number of aliphatic carboxylic acids is 1. The molecule has 2 N–H and O–H groups in total. The van der Waals surface area contributed by atoms with Crippen molar-refractivity contribution in [1.29, 1.82) is 0 Å². The van der Waals surface area contributed by atoms with Crippen molar-refractivity contribution in [2.45, 2.75) is 64.4 Å². The number of ether oxygens (including phenoxy) is 1. The molecule has 1 saturated carbocycles. The minimum Gasteiger partial charge on any atom is -0.481 e. The maximum atomic E-state index is 12.0. The van der Waals surface area contributed by atoms with Gasteiger partial charge in [0.15, 0.2) is 0 Å². The van der Waals surface area contributed by atoms with Gasteiger partial charge >= 0.3 is 12.1 Å². The zero-order valence-electron chi connectivity index (χ0n) is 14.2. The van der Waals surface area contributed by atoms with Crippen molar-refractivity contribution >= 4 is 17.7 Å². The summed E-state index contributed by atoms with van der Waals surface area (Å²) in [4.78, 5) is 23.2. The summed E-state index contributed by atoms with van der Waals surface area (Å²) in [5.74, 6) is -0.785. The van der Waals surface area contributed by atoms with Crippen molar-refractivity contribution in [2.24, 2.45) is 0 Å². The predicted octanol–water partition coefficient (Wildman–Crippen LogP) is 4.24. The van der Waals surface area contributed by atoms with Gasteiger partial charge in [0.1, 0.15) is 5.60 Å². The van der Waals surface area contributed by atoms with Gasteiger partial charge in [0, 0.05) is 11.1 Å². The summed E-state index contributed by atoms with van der Waals surface area (Å²) in [6.07, 6.45) is 2.40. The Morgan fingerprint density at radius 1 is 1.30 bits per heavy atom. The standard InChI is InChI=1S/C18H25NO4/c1-12-6-7-13(18(8-5-9-18)11-15(20)21)10-14(12)19-16(22)23-17(2,3)4/h6-7,10H,5,8-9,11H2,1-4H3,(H,19,22)(H,20,21). The maximum absolute atomic E-state index is 12.0. The fourth-order valence-corrected chi connectivity index (χ4v) is 2.96. The van der Waals surface area contributed by atoms with Gasteiger partial charge in [-0.25, -0.2) is 4.79 Å². The Morgan fingerprint density at radius 3 is 2.43 bits per heavy atom. The van der Waals surface area contributed by atoms with E-state index in [1.807, 2.05) is 45.9 Å². The SMILES string of the molecule is Cc1ccc(C2(CC(=O)O)CCC2)cc1NC(=O)OC(C)(C)C. The van der Waals surface area contributed by atoms with Crippen molar-refractivity contribution < 1.29 is 19.4 Å². The summed E-state index contributed by atoms with van der Waals surface area (Å²) >= 11 is 0. The number of carboxylic acids is 1. The second-order valence-electron chi connectivity index (χ2n) is 7.36. The number of hydrogen-bond acceptors (Lipinski definition) is 3. The molecule has 1 aliphatic carbocycles. The normalized spacial score (nSPS) is 16.3. The Labute approximate surface area is 137 Å². The molecule has 1 aromatic rings. The van der Waals surface area contributed by atoms with Gasteiger partial charge in [0.2, 0.25) is 0 Å². The Balaban J connectivity index is 2.22. The maximum Gasteiger partial charge on any atom is 0.412 e. The van der Waals surface area contributed by atoms with Crippen LogP contribution in [0.1, 0.15) is 57.6 Å². The van der Waals surface area contributed by atoms with Gasteiger partial charge < -0.3 is 9.84 Å². The first-order valence-electron chi connectivity index (χ1n) is 7.94. The average molecular weight is 319 g/mol. The number of carbonyl (C=O) groups excluding carboxylic acids is 1. The molecule has 0 saturated heterocycles. The highest BCUT2D eigenvalue weighted by Crippen LogP contribution is 2.47. The molecule has 1 aliphatic rings. The number of rotatable bonds is 4. The van der Waals surface area contributed by atoms with E-state index >= 15 is 0 Å². The molecular weight excluding hydrogens is 294 g/mol. The lowest BCUT2D eigenvalue weighted by atomic mass is 9.62. The average Bonchev–Trinajstić information content (AvgIpc) is 2.34. The van der Waals surface area contributed by atoms with E-state index in [4.69, 9.17) is 4.74 Å². The Hall–Kier alpha value is -2.04. The number of amides is 1. The lowest BCUT2D eigenvalue weighted by Crippen LogP contribution is -2.36. The van der Waals surface area contributed by atoms with Crippen molar-refractivity contribution in [3.63, 3.8) is 0 Å². The fourth-order valence-electron chi connectivity index (χ4n) is 2.96. The molecule has 0 unspecified atom stereocenters. The zero-order chi connectivity index (χ0) is 17.3. The summed E-state index contributed by atoms with van der Waals surface area (Å²) in [5, 5.41) is 12.0. The molecule has 0 radical (unpaired) electrons. The minimum absolute atomic E-state index is 0.127. The van der Waals surface area contributed by atoms with Gasteiger partial charge in [-0.05, 0) is 57.7 Å². The first-order valence-corrected chi connectivity index (χ1v) is 7.94. The first-order chi connectivity index (χ1) is 10.6. The van der Waals surface area contributed by atoms with E-state index in [2.05, 4.69) is 5.32 Å². The largest absolute Gasteiger partial charge is 0.481 e. The topological polar surface area (TPSA) is 75.6 Å². The van der Waals surface area contributed by atoms with Crippen LogP contribution < -0.4 is 5.32 Å². The summed E-state index contributed by atoms with van der Waals surface area (Å²) in [7, 11) is 0. The smallest absolute Gasteiger partial charge is 0.412 e. The van der Waals surface area contributed by atoms with Crippen molar-refractivity contribution in [3.8, 4) is 0 Å². The second kappa shape index (κ2) is 6.22. The van der Waals surface area contributed by atoms with Gasteiger partial charge in [-0.1, -0.05) is 18.6 Å². The van der Waals surface area contributed by atoms with Gasteiger partial charge in [0.05, 0.1) is 6.42 Å². The van der Waals surface area contributed by atoms with Crippen LogP contribution in [0.4, 0.5) is 10.5 Å². The number of carbonyl (C=O) groups is 2. The van der Waals surface area contributed by atoms with Crippen LogP contribution >= 0.6 is 0 Å². The van der Waals surface area contributed by atoms with E-state index in [9.17, 15) is 14.7 Å². The number of benzene rings is 1. The molecule has 1 fully saturated rings. The molecule has 2 rings (SSSR count). The van der Waals surface area contributed by atoms with E-state index in [0.717, 1.165) is 30.4 Å². The van der Waals surface area contributed by atoms with Crippen LogP contribution in [0.5, 0.6) is 0 Å². The van der Waals surface area contributed by atoms with Crippen LogP contribution in [-0.2, 0) is 14.9 Å². The molecule has 0 atom stereocenters. The second-order valence-corrected chi connectivity index (χ2v) is 7.36. The third-order valence-corrected chi connectivity index (χ3v) is 4.29. The van der Waals surface area contributed by atoms with E-state index in [0.29, 0.717) is 5.69 Å². The fraction of sp³-hybridized carbons (Fsp3) is 0.556. The number of carboxylic acid groups (broad SMARTS) is 1. The molecule has 0 bridgehead atoms. The van der Waals surface area contributed by atoms with Crippen LogP contribution in [0.25, 0.3) is 0 Å². The van der Waals surface area contributed by atoms with Crippen molar-refractivity contribution in [2.75, 3.05) is 5.32 Å². The monoisotopic (exact) mass is 319 g/mol. The Kier molecular flexibility index (Phi) is 4.68. The molecule has 126 valence electrons. The van der Waals surface area contributed by atoms with Gasteiger partial charge in [-0.2, -0.15) is 0 Å². The number of anilines is 1. The minimum atomic E-state index is -0.785. The molecule has 1 aromatic carbocycles. The molecule has 0 aliphatic heterocycles. The lowest BCUT2D eigenvalue weighted by molar-refractivity contribution is -0.139. The highest BCUT2D eigenvalue weighted by atomic mass is 16.6. The quantitative estimate of drug-likeness (QED) is 0.870. The van der Waals surface area contributed by atoms with Gasteiger partial charge in [-0.3, -0.25) is 10.1 Å². The van der Waals surface area contributed by atoms with E-state index in [1.165, 1.54) is 0 Å². The van der Waals surface area contributed by atoms with Crippen LogP contribution in [0.15, 0.2) is 18.2 Å². The van der Waals surface area contributed by atoms with Crippen LogP contribution in [0.3, 0.4) is 0 Å². The third-order valence-electron chi connectivity index (χ3n) is 4.29. The van der Waals surface area contributed by atoms with E-state index in [1.54, 1.807) is 0 Å². The first kappa shape index (κ1) is 17.3. The van der Waals surface area contributed by atoms with Gasteiger partial charge in [0.25, 0.3) is 0 Å². The van der Waals surface area contributed by atoms with Crippen LogP contribution in [0.2, 0.25) is 0 Å². The molecule has 5 heteroatoms. The molecular formula is C18H25NO4. The molecule has 23 heavy (non-hydrogen) atoms. The summed E-state index contributed by atoms with van der Waals surface area (Å²) in [6.45, 7) is 7.34. The Bertz CT molecular complexity index is 612. The number of hydrogen-bond donors (Lipinski definition) is 2. The molecule has 0 aromatic heterocycles. The third kappa shape index (κ3) is 4.24. The molecule has 1 amide bonds. The van der Waals surface area contributed by atoms with E-state index in [-0.39, 0.29) is 11.8 Å². The lowest BCUT2D eigenvalue weighted by Gasteiger charge is -2.41. The number of aryl methyl sites for hydroxylation is 1. The van der Waals surface area contributed by atoms with Crippen LogP contribution in [-0.4, -0.2) is 22.8 Å². The van der Waals surface area contributed by atoms with E-state index < -0.39 is 17.7 Å². The van der Waals surface area contributed by atoms with Gasteiger partial charge in [-0.15, -0.1) is 0 Å². The summed E-state index contributed by atoms with van der Waals surface area (Å²) < 4.78 is 5.28. The molecule has 0 spiro atoms. The zero-order valence-corrected chi connectivity index (χ0v) is 14.2. The van der Waals surface area contributed by atoms with Crippen molar-refractivity contribution in [1.82, 2.24) is 0 Å². The number of nitrogens with one attached hydrogen (secondary N) is 1.